The number of nitrogen functional groups attached to an aromatic ring is 1. The number of nitrogens with two attached hydrogens (primary N) is 1. The molecule has 100 valence electrons. The van der Waals surface area contributed by atoms with Crippen molar-refractivity contribution in [2.45, 2.75) is 17.0 Å². The first-order valence-electron chi connectivity index (χ1n) is 5.95. The number of para-hydroxylation sites is 1. The maximum Gasteiger partial charge on any atom is 0.147 e. The van der Waals surface area contributed by atoms with Crippen molar-refractivity contribution in [2.75, 3.05) is 5.43 Å². The van der Waals surface area contributed by atoms with Gasteiger partial charge in [0.05, 0.1) is 5.52 Å². The largest absolute Gasteiger partial charge is 0.308 e. The van der Waals surface area contributed by atoms with Gasteiger partial charge in [0.15, 0.2) is 0 Å². The molecule has 0 amide bonds. The van der Waals surface area contributed by atoms with Gasteiger partial charge in [0, 0.05) is 10.9 Å². The van der Waals surface area contributed by atoms with Gasteiger partial charge in [0.2, 0.25) is 0 Å². The van der Waals surface area contributed by atoms with Gasteiger partial charge in [-0.05, 0) is 24.8 Å². The van der Waals surface area contributed by atoms with E-state index in [0.717, 1.165) is 26.5 Å². The van der Waals surface area contributed by atoms with E-state index in [1.807, 2.05) is 31.2 Å². The summed E-state index contributed by atoms with van der Waals surface area (Å²) in [5.74, 6) is 6.04. The van der Waals surface area contributed by atoms with Gasteiger partial charge in [0.25, 0.3) is 0 Å². The van der Waals surface area contributed by atoms with Crippen LogP contribution in [-0.2, 0) is 0 Å². The van der Waals surface area contributed by atoms with Crippen LogP contribution in [0.4, 0.5) is 5.82 Å². The lowest BCUT2D eigenvalue weighted by Crippen LogP contribution is -2.10. The number of anilines is 1. The normalized spacial score (nSPS) is 10.7. The van der Waals surface area contributed by atoms with Crippen molar-refractivity contribution >= 4 is 28.5 Å². The fourth-order valence-corrected chi connectivity index (χ4v) is 2.75. The second kappa shape index (κ2) is 5.40. The molecule has 0 aliphatic rings. The van der Waals surface area contributed by atoms with Crippen molar-refractivity contribution in [3.05, 3.63) is 42.5 Å². The van der Waals surface area contributed by atoms with E-state index in [2.05, 4.69) is 25.4 Å². The van der Waals surface area contributed by atoms with Crippen LogP contribution in [0.25, 0.3) is 10.9 Å². The summed E-state index contributed by atoms with van der Waals surface area (Å²) in [6, 6.07) is 7.88. The molecule has 0 aliphatic heterocycles. The molecule has 2 aromatic heterocycles. The first-order valence-corrected chi connectivity index (χ1v) is 6.77. The Kier molecular flexibility index (Phi) is 3.44. The van der Waals surface area contributed by atoms with Crippen LogP contribution in [-0.4, -0.2) is 19.9 Å². The second-order valence-corrected chi connectivity index (χ2v) is 5.07. The second-order valence-electron chi connectivity index (χ2n) is 4.09. The van der Waals surface area contributed by atoms with Gasteiger partial charge >= 0.3 is 0 Å². The lowest BCUT2D eigenvalue weighted by atomic mass is 10.2. The molecule has 0 aliphatic carbocycles. The highest BCUT2D eigenvalue weighted by atomic mass is 32.2. The number of hydrogen-bond donors (Lipinski definition) is 2. The zero-order chi connectivity index (χ0) is 13.9. The predicted molar refractivity (Wildman–Crippen MR) is 78.2 cm³/mol. The Labute approximate surface area is 119 Å². The Bertz CT molecular complexity index is 755. The highest BCUT2D eigenvalue weighted by Crippen LogP contribution is 2.32. The molecule has 0 bridgehead atoms. The summed E-state index contributed by atoms with van der Waals surface area (Å²) < 4.78 is 0. The van der Waals surface area contributed by atoms with Gasteiger partial charge in [0.1, 0.15) is 28.5 Å². The number of nitrogens with one attached hydrogen (secondary N) is 1. The third-order valence-corrected chi connectivity index (χ3v) is 4.00. The number of aromatic nitrogens is 4. The molecule has 0 saturated carbocycles. The van der Waals surface area contributed by atoms with Crippen molar-refractivity contribution in [3.63, 3.8) is 0 Å². The fraction of sp³-hybridized carbons (Fsp3) is 0.0769. The lowest BCUT2D eigenvalue weighted by molar-refractivity contribution is 0.990. The van der Waals surface area contributed by atoms with Crippen molar-refractivity contribution < 1.29 is 0 Å². The van der Waals surface area contributed by atoms with E-state index < -0.39 is 0 Å². The van der Waals surface area contributed by atoms with E-state index in [1.165, 1.54) is 18.1 Å². The molecule has 1 aromatic carbocycles. The summed E-state index contributed by atoms with van der Waals surface area (Å²) in [6.45, 7) is 1.92. The van der Waals surface area contributed by atoms with Crippen LogP contribution in [0, 0.1) is 6.92 Å². The molecular formula is C13H12N6S. The third kappa shape index (κ3) is 2.28. The van der Waals surface area contributed by atoms with E-state index in [1.54, 1.807) is 6.33 Å². The molecule has 0 fully saturated rings. The number of hydrogen-bond acceptors (Lipinski definition) is 7. The molecule has 20 heavy (non-hydrogen) atoms. The van der Waals surface area contributed by atoms with Crippen molar-refractivity contribution in [2.24, 2.45) is 5.84 Å². The maximum absolute atomic E-state index is 5.43. The lowest BCUT2D eigenvalue weighted by Gasteiger charge is -2.08. The average Bonchev–Trinajstić information content (AvgIpc) is 2.50. The van der Waals surface area contributed by atoms with Gasteiger partial charge in [-0.1, -0.05) is 18.2 Å². The zero-order valence-electron chi connectivity index (χ0n) is 10.7. The molecule has 0 spiro atoms. The molecule has 0 atom stereocenters. The molecule has 0 unspecified atom stereocenters. The Hall–Kier alpha value is -2.25. The van der Waals surface area contributed by atoms with Crippen molar-refractivity contribution in [1.82, 2.24) is 19.9 Å². The summed E-state index contributed by atoms with van der Waals surface area (Å²) in [5.41, 5.74) is 4.36. The predicted octanol–water partition coefficient (Wildman–Crippen LogP) is 2.17. The van der Waals surface area contributed by atoms with E-state index in [9.17, 15) is 0 Å². The van der Waals surface area contributed by atoms with Crippen LogP contribution >= 0.6 is 11.8 Å². The van der Waals surface area contributed by atoms with Crippen LogP contribution < -0.4 is 11.3 Å². The smallest absolute Gasteiger partial charge is 0.147 e. The molecular weight excluding hydrogens is 272 g/mol. The number of fused-ring (bicyclic) bond motifs is 1. The van der Waals surface area contributed by atoms with Crippen molar-refractivity contribution in [3.8, 4) is 0 Å². The molecule has 3 rings (SSSR count). The number of nitrogens with zero attached hydrogens (tertiary/aromatic N) is 4. The van der Waals surface area contributed by atoms with Crippen LogP contribution in [0.2, 0.25) is 0 Å². The molecule has 6 nitrogen and oxygen atoms in total. The Morgan fingerprint density at radius 2 is 1.75 bits per heavy atom. The monoisotopic (exact) mass is 284 g/mol. The summed E-state index contributed by atoms with van der Waals surface area (Å²) in [7, 11) is 0. The average molecular weight is 284 g/mol. The maximum atomic E-state index is 5.43. The highest BCUT2D eigenvalue weighted by molar-refractivity contribution is 7.99. The highest BCUT2D eigenvalue weighted by Gasteiger charge is 2.11. The summed E-state index contributed by atoms with van der Waals surface area (Å²) >= 11 is 1.48. The minimum atomic E-state index is 0.612. The summed E-state index contributed by atoms with van der Waals surface area (Å²) in [6.07, 6.45) is 3.04. The van der Waals surface area contributed by atoms with Gasteiger partial charge in [-0.25, -0.2) is 25.8 Å². The number of benzene rings is 1. The Morgan fingerprint density at radius 1 is 1.00 bits per heavy atom. The van der Waals surface area contributed by atoms with E-state index in [-0.39, 0.29) is 0 Å². The standard InChI is InChI=1S/C13H12N6S/c1-8-11(19-14)16-7-17-12(8)20-13-9-4-2-3-5-10(9)15-6-18-13/h2-7H,14H2,1H3,(H,16,17,19). The van der Waals surface area contributed by atoms with Gasteiger partial charge < -0.3 is 5.43 Å². The molecule has 3 aromatic rings. The van der Waals surface area contributed by atoms with E-state index in [4.69, 9.17) is 5.84 Å². The summed E-state index contributed by atoms with van der Waals surface area (Å²) in [5, 5.41) is 2.68. The Morgan fingerprint density at radius 3 is 2.60 bits per heavy atom. The number of hydrazine groups is 1. The van der Waals surface area contributed by atoms with Crippen molar-refractivity contribution in [1.29, 1.82) is 0 Å². The fourth-order valence-electron chi connectivity index (χ4n) is 1.84. The molecule has 2 heterocycles. The quantitative estimate of drug-likeness (QED) is 0.433. The first-order chi connectivity index (χ1) is 9.79. The van der Waals surface area contributed by atoms with Crippen LogP contribution in [0.5, 0.6) is 0 Å². The SMILES string of the molecule is Cc1c(NN)ncnc1Sc1ncnc2ccccc12. The molecule has 7 heteroatoms. The molecule has 0 saturated heterocycles. The van der Waals surface area contributed by atoms with Gasteiger partial charge in [-0.15, -0.1) is 0 Å². The topological polar surface area (TPSA) is 89.6 Å². The van der Waals surface area contributed by atoms with Crippen LogP contribution in [0.1, 0.15) is 5.56 Å². The van der Waals surface area contributed by atoms with E-state index >= 15 is 0 Å². The summed E-state index contributed by atoms with van der Waals surface area (Å²) in [4.78, 5) is 16.9. The zero-order valence-corrected chi connectivity index (χ0v) is 11.6. The van der Waals surface area contributed by atoms with Crippen LogP contribution in [0.3, 0.4) is 0 Å². The Balaban J connectivity index is 2.06. The minimum Gasteiger partial charge on any atom is -0.308 e. The number of rotatable bonds is 3. The minimum absolute atomic E-state index is 0.612. The molecule has 3 N–H and O–H groups in total. The van der Waals surface area contributed by atoms with Gasteiger partial charge in [-0.2, -0.15) is 0 Å². The first kappa shape index (κ1) is 12.8. The third-order valence-electron chi connectivity index (χ3n) is 2.87. The van der Waals surface area contributed by atoms with E-state index in [0.29, 0.717) is 5.82 Å². The molecule has 0 radical (unpaired) electrons. The van der Waals surface area contributed by atoms with Gasteiger partial charge in [-0.3, -0.25) is 0 Å². The van der Waals surface area contributed by atoms with Crippen LogP contribution in [0.15, 0.2) is 47.0 Å².